The summed E-state index contributed by atoms with van der Waals surface area (Å²) in [5.41, 5.74) is 2.23. The van der Waals surface area contributed by atoms with Gasteiger partial charge in [0.2, 0.25) is 15.9 Å². The van der Waals surface area contributed by atoms with Crippen molar-refractivity contribution in [3.63, 3.8) is 0 Å². The highest BCUT2D eigenvalue weighted by Crippen LogP contribution is 2.24. The third-order valence-corrected chi connectivity index (χ3v) is 5.27. The Balaban J connectivity index is 1.93. The average molecular weight is 412 g/mol. The molecule has 0 unspecified atom stereocenters. The Morgan fingerprint density at radius 3 is 2.59 bits per heavy atom. The summed E-state index contributed by atoms with van der Waals surface area (Å²) in [5.74, 6) is -0.321. The average Bonchev–Trinajstić information content (AvgIpc) is 2.99. The number of aromatic amines is 1. The molecule has 0 fully saturated rings. The summed E-state index contributed by atoms with van der Waals surface area (Å²) in [5, 5.41) is 10.6. The van der Waals surface area contributed by atoms with E-state index in [1.807, 2.05) is 24.3 Å². The van der Waals surface area contributed by atoms with Crippen LogP contribution in [0, 0.1) is 6.92 Å². The van der Waals surface area contributed by atoms with Crippen LogP contribution in [-0.2, 0) is 21.2 Å². The zero-order valence-electron chi connectivity index (χ0n) is 15.7. The topological polar surface area (TPSA) is 127 Å². The Morgan fingerprint density at radius 1 is 1.24 bits per heavy atom. The van der Waals surface area contributed by atoms with Crippen LogP contribution in [0.4, 0.5) is 5.69 Å². The first kappa shape index (κ1) is 20.3. The molecule has 3 aromatic rings. The minimum absolute atomic E-state index is 0.0959. The fourth-order valence-corrected chi connectivity index (χ4v) is 3.75. The van der Waals surface area contributed by atoms with E-state index in [-0.39, 0.29) is 34.2 Å². The Kier molecular flexibility index (Phi) is 5.53. The van der Waals surface area contributed by atoms with Gasteiger partial charge in [-0.25, -0.2) is 13.6 Å². The van der Waals surface area contributed by atoms with Crippen molar-refractivity contribution in [3.8, 4) is 5.69 Å². The molecule has 29 heavy (non-hydrogen) atoms. The number of rotatable bonds is 6. The maximum atomic E-state index is 12.4. The molecule has 0 aliphatic rings. The van der Waals surface area contributed by atoms with Crippen molar-refractivity contribution in [3.05, 3.63) is 82.3 Å². The summed E-state index contributed by atoms with van der Waals surface area (Å²) in [6.45, 7) is 5.38. The zero-order chi connectivity index (χ0) is 21.2. The number of hydrogen-bond acceptors (Lipinski definition) is 4. The third kappa shape index (κ3) is 4.53. The summed E-state index contributed by atoms with van der Waals surface area (Å²) in [6, 6.07) is 12.9. The Labute approximate surface area is 167 Å². The number of benzene rings is 2. The number of H-pyrrole nitrogens is 1. The predicted octanol–water partition coefficient (Wildman–Crippen LogP) is 1.95. The number of hydrogen-bond donors (Lipinski definition) is 3. The van der Waals surface area contributed by atoms with Crippen LogP contribution in [-0.4, -0.2) is 24.1 Å². The van der Waals surface area contributed by atoms with Gasteiger partial charge in [0.15, 0.2) is 0 Å². The second-order valence-corrected chi connectivity index (χ2v) is 7.98. The van der Waals surface area contributed by atoms with Crippen LogP contribution < -0.4 is 16.0 Å². The second kappa shape index (κ2) is 7.90. The van der Waals surface area contributed by atoms with Crippen LogP contribution >= 0.6 is 0 Å². The van der Waals surface area contributed by atoms with Crippen LogP contribution in [0.1, 0.15) is 16.8 Å². The molecule has 150 valence electrons. The lowest BCUT2D eigenvalue weighted by atomic mass is 10.0. The lowest BCUT2D eigenvalue weighted by molar-refractivity contribution is -0.115. The standard InChI is InChI=1S/C20H20N4O4S/c1-3-14-6-4-5-7-15(14)11-19(25)22-16-8-9-17(18(12-16)29(21,27)28)24-13(2)10-20(26)23-24/h3-10,12H,1,11H2,2H3,(H,22,25)(H,23,26)(H2,21,27,28). The van der Waals surface area contributed by atoms with Crippen LogP contribution in [0.2, 0.25) is 0 Å². The highest BCUT2D eigenvalue weighted by Gasteiger charge is 2.19. The number of nitrogens with zero attached hydrogens (tertiary/aromatic N) is 1. The lowest BCUT2D eigenvalue weighted by Crippen LogP contribution is -2.19. The molecular formula is C20H20N4O4S. The monoisotopic (exact) mass is 412 g/mol. The smallest absolute Gasteiger partial charge is 0.264 e. The number of anilines is 1. The largest absolute Gasteiger partial charge is 0.326 e. The molecule has 4 N–H and O–H groups in total. The van der Waals surface area contributed by atoms with Crippen molar-refractivity contribution in [1.29, 1.82) is 0 Å². The molecule has 0 bridgehead atoms. The first-order valence-electron chi connectivity index (χ1n) is 8.65. The van der Waals surface area contributed by atoms with Crippen molar-refractivity contribution in [2.24, 2.45) is 5.14 Å². The van der Waals surface area contributed by atoms with E-state index in [0.717, 1.165) is 11.1 Å². The van der Waals surface area contributed by atoms with Gasteiger partial charge in [0.1, 0.15) is 4.90 Å². The molecular weight excluding hydrogens is 392 g/mol. The van der Waals surface area contributed by atoms with Gasteiger partial charge in [0.25, 0.3) is 5.56 Å². The van der Waals surface area contributed by atoms with Gasteiger partial charge < -0.3 is 5.32 Å². The molecule has 0 atom stereocenters. The van der Waals surface area contributed by atoms with E-state index >= 15 is 0 Å². The number of nitrogens with one attached hydrogen (secondary N) is 2. The van der Waals surface area contributed by atoms with E-state index in [0.29, 0.717) is 5.69 Å². The second-order valence-electron chi connectivity index (χ2n) is 6.45. The van der Waals surface area contributed by atoms with E-state index in [9.17, 15) is 18.0 Å². The number of amides is 1. The van der Waals surface area contributed by atoms with Crippen molar-refractivity contribution in [1.82, 2.24) is 9.78 Å². The summed E-state index contributed by atoms with van der Waals surface area (Å²) < 4.78 is 25.5. The number of primary sulfonamides is 1. The number of carbonyl (C=O) groups excluding carboxylic acids is 1. The van der Waals surface area contributed by atoms with Crippen molar-refractivity contribution in [2.75, 3.05) is 5.32 Å². The van der Waals surface area contributed by atoms with Gasteiger partial charge in [0.05, 0.1) is 12.1 Å². The van der Waals surface area contributed by atoms with Crippen molar-refractivity contribution in [2.45, 2.75) is 18.2 Å². The molecule has 2 aromatic carbocycles. The molecule has 0 saturated heterocycles. The fourth-order valence-electron chi connectivity index (χ4n) is 3.01. The summed E-state index contributed by atoms with van der Waals surface area (Å²) in [6.07, 6.45) is 1.76. The van der Waals surface area contributed by atoms with Crippen LogP contribution in [0.25, 0.3) is 11.8 Å². The van der Waals surface area contributed by atoms with E-state index in [2.05, 4.69) is 17.0 Å². The van der Waals surface area contributed by atoms with Gasteiger partial charge >= 0.3 is 0 Å². The minimum Gasteiger partial charge on any atom is -0.326 e. The quantitative estimate of drug-likeness (QED) is 0.572. The molecule has 0 saturated carbocycles. The number of nitrogens with two attached hydrogens (primary N) is 1. The van der Waals surface area contributed by atoms with E-state index in [4.69, 9.17) is 5.14 Å². The van der Waals surface area contributed by atoms with Crippen molar-refractivity contribution < 1.29 is 13.2 Å². The molecule has 3 rings (SSSR count). The first-order valence-corrected chi connectivity index (χ1v) is 10.2. The normalized spacial score (nSPS) is 11.2. The van der Waals surface area contributed by atoms with Crippen LogP contribution in [0.3, 0.4) is 0 Å². The third-order valence-electron chi connectivity index (χ3n) is 4.33. The SMILES string of the molecule is C=Cc1ccccc1CC(=O)Nc1ccc(-n2[nH]c(=O)cc2C)c(S(N)(=O)=O)c1. The molecule has 1 amide bonds. The molecule has 8 nitrogen and oxygen atoms in total. The molecule has 0 aliphatic heterocycles. The van der Waals surface area contributed by atoms with Crippen molar-refractivity contribution >= 4 is 27.7 Å². The van der Waals surface area contributed by atoms with Gasteiger partial charge in [-0.1, -0.05) is 36.9 Å². The maximum absolute atomic E-state index is 12.4. The predicted molar refractivity (Wildman–Crippen MR) is 111 cm³/mol. The number of sulfonamides is 1. The Hall–Kier alpha value is -3.43. The highest BCUT2D eigenvalue weighted by atomic mass is 32.2. The van der Waals surface area contributed by atoms with Crippen LogP contribution in [0.5, 0.6) is 0 Å². The van der Waals surface area contributed by atoms with E-state index in [1.54, 1.807) is 19.1 Å². The number of carbonyl (C=O) groups is 1. The number of aryl methyl sites for hydroxylation is 1. The molecule has 0 radical (unpaired) electrons. The Morgan fingerprint density at radius 2 is 1.97 bits per heavy atom. The zero-order valence-corrected chi connectivity index (χ0v) is 16.5. The summed E-state index contributed by atoms with van der Waals surface area (Å²) in [7, 11) is -4.12. The summed E-state index contributed by atoms with van der Waals surface area (Å²) in [4.78, 5) is 23.8. The van der Waals surface area contributed by atoms with Gasteiger partial charge in [-0.2, -0.15) is 0 Å². The highest BCUT2D eigenvalue weighted by molar-refractivity contribution is 7.89. The Bertz CT molecular complexity index is 1260. The van der Waals surface area contributed by atoms with Gasteiger partial charge in [-0.15, -0.1) is 0 Å². The van der Waals surface area contributed by atoms with Gasteiger partial charge in [0, 0.05) is 17.4 Å². The molecule has 9 heteroatoms. The minimum atomic E-state index is -4.12. The molecule has 0 spiro atoms. The first-order chi connectivity index (χ1) is 13.7. The summed E-state index contributed by atoms with van der Waals surface area (Å²) >= 11 is 0. The van der Waals surface area contributed by atoms with Gasteiger partial charge in [-0.05, 0) is 36.2 Å². The lowest BCUT2D eigenvalue weighted by Gasteiger charge is -2.13. The number of aromatic nitrogens is 2. The van der Waals surface area contributed by atoms with E-state index < -0.39 is 10.0 Å². The molecule has 1 aromatic heterocycles. The molecule has 0 aliphatic carbocycles. The van der Waals surface area contributed by atoms with Gasteiger partial charge in [-0.3, -0.25) is 19.4 Å². The maximum Gasteiger partial charge on any atom is 0.264 e. The van der Waals surface area contributed by atoms with Crippen LogP contribution in [0.15, 0.2) is 64.8 Å². The fraction of sp³-hybridized carbons (Fsp3) is 0.100. The van der Waals surface area contributed by atoms with E-state index in [1.165, 1.54) is 22.9 Å². The molecule has 1 heterocycles.